The molecule has 0 spiro atoms. The molecule has 4 rings (SSSR count). The molecule has 9 heteroatoms. The summed E-state index contributed by atoms with van der Waals surface area (Å²) in [7, 11) is -4.10. The summed E-state index contributed by atoms with van der Waals surface area (Å²) in [4.78, 5) is 25.2. The van der Waals surface area contributed by atoms with E-state index in [0.29, 0.717) is 48.9 Å². The number of fused-ring (bicyclic) bond motifs is 5. The van der Waals surface area contributed by atoms with Crippen molar-refractivity contribution < 1.29 is 32.4 Å². The predicted octanol–water partition coefficient (Wildman–Crippen LogP) is 9.31. The summed E-state index contributed by atoms with van der Waals surface area (Å²) in [5, 5.41) is 14.5. The number of hydrogen-bond donors (Lipinski definition) is 3. The lowest BCUT2D eigenvalue weighted by Gasteiger charge is -2.62. The Morgan fingerprint density at radius 1 is 0.868 bits per heavy atom. The van der Waals surface area contributed by atoms with Gasteiger partial charge in [0, 0.05) is 19.4 Å². The number of allylic oxidation sites excluding steroid dienone is 8. The molecule has 0 aliphatic heterocycles. The summed E-state index contributed by atoms with van der Waals surface area (Å²) in [6.07, 6.45) is 33.9. The van der Waals surface area contributed by atoms with Crippen molar-refractivity contribution >= 4 is 22.0 Å². The lowest BCUT2D eigenvalue weighted by Crippen LogP contribution is -2.59. The van der Waals surface area contributed by atoms with Gasteiger partial charge in [0.05, 0.1) is 11.9 Å². The molecule has 300 valence electrons. The van der Waals surface area contributed by atoms with Crippen LogP contribution in [-0.4, -0.2) is 54.5 Å². The summed E-state index contributed by atoms with van der Waals surface area (Å²) >= 11 is 0. The number of rotatable bonds is 20. The summed E-state index contributed by atoms with van der Waals surface area (Å²) in [5.74, 6) is 1.92. The molecule has 0 saturated heterocycles. The third kappa shape index (κ3) is 12.1. The van der Waals surface area contributed by atoms with Crippen molar-refractivity contribution in [2.45, 2.75) is 155 Å². The van der Waals surface area contributed by atoms with E-state index in [1.165, 1.54) is 6.42 Å². The molecule has 0 aromatic heterocycles. The SMILES string of the molecule is CC/C=C\C/C=C\C/C=C\C/C=C\CCCCC(=O)OC1CCC2(C)C(CCC3C2CC(O)C2(C)C(C(C)CCC(=O)NCCS(=O)(=O)O)CCC32)C1. The van der Waals surface area contributed by atoms with Crippen molar-refractivity contribution in [3.05, 3.63) is 48.6 Å². The number of unbranched alkanes of at least 4 members (excludes halogenated alkanes) is 2. The molecule has 3 N–H and O–H groups in total. The molecular weight excluding hydrogens is 687 g/mol. The van der Waals surface area contributed by atoms with Crippen LogP contribution in [0, 0.1) is 46.3 Å². The third-order valence-electron chi connectivity index (χ3n) is 14.0. The molecule has 4 saturated carbocycles. The molecule has 10 unspecified atom stereocenters. The molecule has 1 amide bonds. The Kier molecular flexibility index (Phi) is 16.9. The molecule has 8 nitrogen and oxygen atoms in total. The molecule has 0 aromatic rings. The number of hydrogen-bond acceptors (Lipinski definition) is 6. The Hall–Kier alpha value is -2.23. The van der Waals surface area contributed by atoms with Gasteiger partial charge in [-0.05, 0) is 149 Å². The zero-order valence-corrected chi connectivity index (χ0v) is 34.0. The summed E-state index contributed by atoms with van der Waals surface area (Å²) in [5.41, 5.74) is -0.0179. The Labute approximate surface area is 321 Å². The zero-order chi connectivity index (χ0) is 38.5. The molecule has 10 atom stereocenters. The van der Waals surface area contributed by atoms with Gasteiger partial charge in [-0.15, -0.1) is 0 Å². The Morgan fingerprint density at radius 2 is 1.55 bits per heavy atom. The van der Waals surface area contributed by atoms with Crippen molar-refractivity contribution in [3.63, 3.8) is 0 Å². The van der Waals surface area contributed by atoms with Crippen LogP contribution in [0.5, 0.6) is 0 Å². The standard InChI is InChI=1S/C44H71NO7S/c1-5-6-7-8-9-10-11-12-13-14-15-16-17-18-19-20-42(48)52-35-27-28-43(3)34(31-35)22-23-36-38-25-24-37(44(38,4)40(46)32-39(36)43)33(2)21-26-41(47)45-29-30-53(49,50)51/h6-7,9-10,12-13,15-16,33-40,46H,5,8,11,14,17-32H2,1-4H3,(H,45,47)(H,49,50,51)/b7-6-,10-9-,13-12-,16-15-. The average molecular weight is 758 g/mol. The number of aliphatic hydroxyl groups is 1. The third-order valence-corrected chi connectivity index (χ3v) is 14.7. The summed E-state index contributed by atoms with van der Waals surface area (Å²) in [6, 6.07) is 0. The quantitative estimate of drug-likeness (QED) is 0.0489. The van der Waals surface area contributed by atoms with E-state index < -0.39 is 15.9 Å². The first-order valence-corrected chi connectivity index (χ1v) is 22.6. The maximum absolute atomic E-state index is 12.8. The second-order valence-corrected chi connectivity index (χ2v) is 18.8. The van der Waals surface area contributed by atoms with Gasteiger partial charge in [-0.3, -0.25) is 14.1 Å². The van der Waals surface area contributed by atoms with E-state index in [-0.39, 0.29) is 47.4 Å². The van der Waals surface area contributed by atoms with Gasteiger partial charge < -0.3 is 15.2 Å². The largest absolute Gasteiger partial charge is 0.462 e. The molecule has 4 fully saturated rings. The molecule has 0 heterocycles. The average Bonchev–Trinajstić information content (AvgIpc) is 3.47. The number of ether oxygens (including phenoxy) is 1. The minimum atomic E-state index is -4.10. The maximum atomic E-state index is 12.8. The molecule has 4 aliphatic carbocycles. The van der Waals surface area contributed by atoms with Crippen molar-refractivity contribution in [2.75, 3.05) is 12.3 Å². The molecule has 4 aliphatic rings. The highest BCUT2D eigenvalue weighted by Crippen LogP contribution is 2.68. The lowest BCUT2D eigenvalue weighted by molar-refractivity contribution is -0.181. The Morgan fingerprint density at radius 3 is 2.23 bits per heavy atom. The van der Waals surface area contributed by atoms with E-state index >= 15 is 0 Å². The van der Waals surface area contributed by atoms with E-state index in [9.17, 15) is 23.1 Å². The van der Waals surface area contributed by atoms with Crippen LogP contribution in [0.3, 0.4) is 0 Å². The summed E-state index contributed by atoms with van der Waals surface area (Å²) in [6.45, 7) is 9.04. The van der Waals surface area contributed by atoms with E-state index in [0.717, 1.165) is 89.9 Å². The van der Waals surface area contributed by atoms with Gasteiger partial charge in [0.2, 0.25) is 5.91 Å². The first-order valence-electron chi connectivity index (χ1n) is 21.0. The van der Waals surface area contributed by atoms with Crippen LogP contribution in [-0.2, 0) is 24.4 Å². The highest BCUT2D eigenvalue weighted by molar-refractivity contribution is 7.85. The van der Waals surface area contributed by atoms with Crippen LogP contribution in [0.25, 0.3) is 0 Å². The maximum Gasteiger partial charge on any atom is 0.306 e. The van der Waals surface area contributed by atoms with Crippen LogP contribution < -0.4 is 5.32 Å². The van der Waals surface area contributed by atoms with Gasteiger partial charge in [-0.25, -0.2) is 0 Å². The van der Waals surface area contributed by atoms with Gasteiger partial charge >= 0.3 is 5.97 Å². The van der Waals surface area contributed by atoms with Gasteiger partial charge in [0.25, 0.3) is 10.1 Å². The smallest absolute Gasteiger partial charge is 0.306 e. The minimum Gasteiger partial charge on any atom is -0.462 e. The van der Waals surface area contributed by atoms with Gasteiger partial charge in [0.15, 0.2) is 0 Å². The first kappa shape index (κ1) is 43.5. The van der Waals surface area contributed by atoms with Crippen molar-refractivity contribution in [1.82, 2.24) is 5.32 Å². The van der Waals surface area contributed by atoms with Crippen molar-refractivity contribution in [2.24, 2.45) is 46.3 Å². The summed E-state index contributed by atoms with van der Waals surface area (Å²) < 4.78 is 36.9. The van der Waals surface area contributed by atoms with E-state index in [2.05, 4.69) is 81.6 Å². The number of carbonyl (C=O) groups excluding carboxylic acids is 2. The monoisotopic (exact) mass is 757 g/mol. The molecule has 0 radical (unpaired) electrons. The normalized spacial score (nSPS) is 33.7. The van der Waals surface area contributed by atoms with Gasteiger partial charge in [-0.1, -0.05) is 76.3 Å². The number of aliphatic hydroxyl groups excluding tert-OH is 1. The van der Waals surface area contributed by atoms with E-state index in [1.807, 2.05) is 0 Å². The fraction of sp³-hybridized carbons (Fsp3) is 0.773. The second-order valence-electron chi connectivity index (χ2n) is 17.2. The molecule has 0 bridgehead atoms. The van der Waals surface area contributed by atoms with Crippen molar-refractivity contribution in [3.8, 4) is 0 Å². The Balaban J connectivity index is 1.17. The fourth-order valence-electron chi connectivity index (χ4n) is 11.1. The van der Waals surface area contributed by atoms with Crippen LogP contribution >= 0.6 is 0 Å². The van der Waals surface area contributed by atoms with Crippen LogP contribution in [0.1, 0.15) is 143 Å². The van der Waals surface area contributed by atoms with Crippen LogP contribution in [0.15, 0.2) is 48.6 Å². The molecule has 53 heavy (non-hydrogen) atoms. The van der Waals surface area contributed by atoms with E-state index in [4.69, 9.17) is 9.29 Å². The number of amides is 1. The van der Waals surface area contributed by atoms with E-state index in [1.54, 1.807) is 0 Å². The topological polar surface area (TPSA) is 130 Å². The molecule has 0 aromatic carbocycles. The first-order chi connectivity index (χ1) is 25.3. The fourth-order valence-corrected chi connectivity index (χ4v) is 11.5. The zero-order valence-electron chi connectivity index (χ0n) is 33.2. The lowest BCUT2D eigenvalue weighted by atomic mass is 9.43. The molecular formula is C44H71NO7S. The number of nitrogens with one attached hydrogen (secondary N) is 1. The second kappa shape index (κ2) is 20.6. The van der Waals surface area contributed by atoms with Crippen LogP contribution in [0.2, 0.25) is 0 Å². The minimum absolute atomic E-state index is 0.00666. The predicted molar refractivity (Wildman–Crippen MR) is 213 cm³/mol. The number of esters is 1. The van der Waals surface area contributed by atoms with Gasteiger partial charge in [0.1, 0.15) is 6.10 Å². The van der Waals surface area contributed by atoms with Crippen LogP contribution in [0.4, 0.5) is 0 Å². The van der Waals surface area contributed by atoms with Crippen molar-refractivity contribution in [1.29, 1.82) is 0 Å². The highest BCUT2D eigenvalue weighted by Gasteiger charge is 2.63. The Bertz CT molecular complexity index is 1400. The highest BCUT2D eigenvalue weighted by atomic mass is 32.2. The van der Waals surface area contributed by atoms with Gasteiger partial charge in [-0.2, -0.15) is 8.42 Å². The number of carbonyl (C=O) groups is 2.